The van der Waals surface area contributed by atoms with Gasteiger partial charge in [-0.25, -0.2) is 9.78 Å². The Morgan fingerprint density at radius 3 is 2.21 bits per heavy atom. The first-order valence-corrected chi connectivity index (χ1v) is 9.00. The largest absolute Gasteiger partial charge is 0.480 e. The number of carbonyl (C=O) groups excluding carboxylic acids is 4. The Labute approximate surface area is 170 Å². The van der Waals surface area contributed by atoms with E-state index in [0.29, 0.717) is 5.69 Å². The molecule has 0 aliphatic rings. The van der Waals surface area contributed by atoms with Gasteiger partial charge < -0.3 is 37.5 Å². The summed E-state index contributed by atoms with van der Waals surface area (Å²) in [6.07, 6.45) is 2.23. The summed E-state index contributed by atoms with van der Waals surface area (Å²) >= 11 is 3.82. The fourth-order valence-electron chi connectivity index (χ4n) is 2.22. The van der Waals surface area contributed by atoms with E-state index in [1.165, 1.54) is 12.5 Å². The van der Waals surface area contributed by atoms with Gasteiger partial charge >= 0.3 is 5.97 Å². The molecule has 0 aromatic carbocycles. The molecule has 13 nitrogen and oxygen atoms in total. The van der Waals surface area contributed by atoms with E-state index in [0.717, 1.165) is 0 Å². The average molecular weight is 429 g/mol. The van der Waals surface area contributed by atoms with Gasteiger partial charge in [0.2, 0.25) is 23.6 Å². The molecule has 0 fully saturated rings. The highest BCUT2D eigenvalue weighted by atomic mass is 32.1. The summed E-state index contributed by atoms with van der Waals surface area (Å²) in [4.78, 5) is 65.6. The van der Waals surface area contributed by atoms with E-state index in [9.17, 15) is 24.0 Å². The third kappa shape index (κ3) is 8.18. The number of carboxylic acid groups (broad SMARTS) is 1. The van der Waals surface area contributed by atoms with Gasteiger partial charge in [0.1, 0.15) is 18.1 Å². The molecule has 14 heteroatoms. The van der Waals surface area contributed by atoms with E-state index >= 15 is 0 Å². The fraction of sp³-hybridized carbons (Fsp3) is 0.467. The summed E-state index contributed by atoms with van der Waals surface area (Å²) in [6.45, 7) is -0.375. The van der Waals surface area contributed by atoms with Crippen molar-refractivity contribution in [3.8, 4) is 0 Å². The van der Waals surface area contributed by atoms with Crippen molar-refractivity contribution in [3.63, 3.8) is 0 Å². The zero-order valence-corrected chi connectivity index (χ0v) is 16.1. The number of aromatic nitrogens is 2. The van der Waals surface area contributed by atoms with Crippen LogP contribution in [-0.4, -0.2) is 75.1 Å². The quantitative estimate of drug-likeness (QED) is 0.154. The minimum Gasteiger partial charge on any atom is -0.480 e. The second-order valence-corrected chi connectivity index (χ2v) is 6.28. The Bertz CT molecular complexity index is 742. The summed E-state index contributed by atoms with van der Waals surface area (Å²) in [5.74, 6) is -4.83. The van der Waals surface area contributed by atoms with E-state index < -0.39 is 54.1 Å². The number of imidazole rings is 1. The molecule has 0 spiro atoms. The van der Waals surface area contributed by atoms with Gasteiger partial charge in [-0.1, -0.05) is 0 Å². The topological polar surface area (TPSA) is 222 Å². The highest BCUT2D eigenvalue weighted by Crippen LogP contribution is 2.02. The molecule has 0 saturated heterocycles. The number of hydrogen-bond acceptors (Lipinski definition) is 8. The number of carbonyl (C=O) groups is 5. The number of carboxylic acids is 1. The number of nitrogens with one attached hydrogen (secondary N) is 4. The van der Waals surface area contributed by atoms with E-state index in [-0.39, 0.29) is 18.7 Å². The van der Waals surface area contributed by atoms with Crippen LogP contribution in [0.2, 0.25) is 0 Å². The van der Waals surface area contributed by atoms with Crippen LogP contribution in [0.3, 0.4) is 0 Å². The number of amides is 4. The van der Waals surface area contributed by atoms with Gasteiger partial charge in [-0.2, -0.15) is 12.6 Å². The number of thiol groups is 1. The Kier molecular flexibility index (Phi) is 9.61. The van der Waals surface area contributed by atoms with Crippen LogP contribution >= 0.6 is 12.6 Å². The third-order valence-corrected chi connectivity index (χ3v) is 4.02. The molecule has 3 unspecified atom stereocenters. The third-order valence-electron chi connectivity index (χ3n) is 3.65. The van der Waals surface area contributed by atoms with Crippen LogP contribution in [0, 0.1) is 0 Å². The first kappa shape index (κ1) is 23.9. The fourth-order valence-corrected chi connectivity index (χ4v) is 2.47. The van der Waals surface area contributed by atoms with Crippen molar-refractivity contribution in [2.45, 2.75) is 31.0 Å². The molecule has 3 atom stereocenters. The van der Waals surface area contributed by atoms with Crippen molar-refractivity contribution in [1.29, 1.82) is 0 Å². The van der Waals surface area contributed by atoms with Crippen molar-refractivity contribution < 1.29 is 29.1 Å². The number of primary amides is 1. The molecule has 1 heterocycles. The lowest BCUT2D eigenvalue weighted by atomic mass is 10.1. The number of nitrogens with two attached hydrogens (primary N) is 2. The van der Waals surface area contributed by atoms with E-state index in [2.05, 4.69) is 38.5 Å². The number of nitrogens with zero attached hydrogens (tertiary/aromatic N) is 1. The molecule has 160 valence electrons. The van der Waals surface area contributed by atoms with Crippen LogP contribution < -0.4 is 27.4 Å². The first-order valence-electron chi connectivity index (χ1n) is 8.37. The van der Waals surface area contributed by atoms with Crippen molar-refractivity contribution in [2.24, 2.45) is 11.5 Å². The molecule has 0 aliphatic heterocycles. The SMILES string of the molecule is NCC(=O)NC(Cc1cnc[nH]1)C(=O)NC(CC(N)=O)C(=O)NC(CS)C(=O)O. The molecular formula is C15H23N7O6S. The summed E-state index contributed by atoms with van der Waals surface area (Å²) in [5.41, 5.74) is 10.9. The summed E-state index contributed by atoms with van der Waals surface area (Å²) < 4.78 is 0. The monoisotopic (exact) mass is 429 g/mol. The zero-order valence-electron chi connectivity index (χ0n) is 15.3. The van der Waals surface area contributed by atoms with Gasteiger partial charge in [0, 0.05) is 24.1 Å². The summed E-state index contributed by atoms with van der Waals surface area (Å²) in [7, 11) is 0. The van der Waals surface area contributed by atoms with Crippen molar-refractivity contribution in [2.75, 3.05) is 12.3 Å². The lowest BCUT2D eigenvalue weighted by Crippen LogP contribution is -2.57. The zero-order chi connectivity index (χ0) is 22.0. The minimum atomic E-state index is -1.46. The van der Waals surface area contributed by atoms with Crippen molar-refractivity contribution in [1.82, 2.24) is 25.9 Å². The van der Waals surface area contributed by atoms with Crippen molar-refractivity contribution >= 4 is 42.2 Å². The van der Waals surface area contributed by atoms with Crippen molar-refractivity contribution in [3.05, 3.63) is 18.2 Å². The average Bonchev–Trinajstić information content (AvgIpc) is 3.16. The summed E-state index contributed by atoms with van der Waals surface area (Å²) in [5, 5.41) is 15.9. The molecule has 4 amide bonds. The predicted octanol–water partition coefficient (Wildman–Crippen LogP) is -3.74. The molecule has 1 aromatic rings. The van der Waals surface area contributed by atoms with E-state index in [1.54, 1.807) is 0 Å². The Hall–Kier alpha value is -3.13. The Morgan fingerprint density at radius 2 is 1.72 bits per heavy atom. The van der Waals surface area contributed by atoms with Gasteiger partial charge in [0.05, 0.1) is 19.3 Å². The number of aliphatic carboxylic acids is 1. The standard InChI is InChI=1S/C15H23N7O6S/c16-3-12(24)20-8(1-7-4-18-6-19-7)13(25)21-9(2-11(17)23)14(26)22-10(5-29)15(27)28/h4,6,8-10,29H,1-3,5,16H2,(H2,17,23)(H,18,19)(H,20,24)(H,21,25)(H,22,26)(H,27,28). The molecule has 0 saturated carbocycles. The van der Waals surface area contributed by atoms with E-state index in [4.69, 9.17) is 16.6 Å². The van der Waals surface area contributed by atoms with Gasteiger partial charge in [-0.15, -0.1) is 0 Å². The lowest BCUT2D eigenvalue weighted by Gasteiger charge is -2.23. The predicted molar refractivity (Wildman–Crippen MR) is 102 cm³/mol. The highest BCUT2D eigenvalue weighted by Gasteiger charge is 2.30. The van der Waals surface area contributed by atoms with Crippen LogP contribution in [0.4, 0.5) is 0 Å². The maximum Gasteiger partial charge on any atom is 0.327 e. The molecule has 1 rings (SSSR count). The van der Waals surface area contributed by atoms with Gasteiger partial charge in [0.15, 0.2) is 0 Å². The van der Waals surface area contributed by atoms with Crippen LogP contribution in [0.25, 0.3) is 0 Å². The molecule has 1 aromatic heterocycles. The molecular weight excluding hydrogens is 406 g/mol. The normalized spacial score (nSPS) is 13.6. The van der Waals surface area contributed by atoms with Gasteiger partial charge in [-0.05, 0) is 0 Å². The smallest absolute Gasteiger partial charge is 0.327 e. The maximum absolute atomic E-state index is 12.6. The van der Waals surface area contributed by atoms with Gasteiger partial charge in [0.25, 0.3) is 0 Å². The molecule has 0 aliphatic carbocycles. The van der Waals surface area contributed by atoms with Gasteiger partial charge in [-0.3, -0.25) is 19.2 Å². The van der Waals surface area contributed by atoms with E-state index in [1.807, 2.05) is 0 Å². The second-order valence-electron chi connectivity index (χ2n) is 5.92. The number of rotatable bonds is 12. The molecule has 9 N–H and O–H groups in total. The lowest BCUT2D eigenvalue weighted by molar-refractivity contribution is -0.141. The molecule has 0 bridgehead atoms. The Balaban J connectivity index is 2.95. The van der Waals surface area contributed by atoms with Crippen LogP contribution in [0.5, 0.6) is 0 Å². The number of hydrogen-bond donors (Lipinski definition) is 8. The Morgan fingerprint density at radius 1 is 1.10 bits per heavy atom. The molecule has 29 heavy (non-hydrogen) atoms. The summed E-state index contributed by atoms with van der Waals surface area (Å²) in [6, 6.07) is -3.94. The van der Waals surface area contributed by atoms with Crippen LogP contribution in [0.15, 0.2) is 12.5 Å². The second kappa shape index (κ2) is 11.7. The minimum absolute atomic E-state index is 0.00310. The molecule has 0 radical (unpaired) electrons. The maximum atomic E-state index is 12.6. The van der Waals surface area contributed by atoms with Crippen LogP contribution in [-0.2, 0) is 30.4 Å². The number of H-pyrrole nitrogens is 1. The first-order chi connectivity index (χ1) is 13.7. The number of aromatic amines is 1. The highest BCUT2D eigenvalue weighted by molar-refractivity contribution is 7.80. The van der Waals surface area contributed by atoms with Crippen LogP contribution in [0.1, 0.15) is 12.1 Å².